The third-order valence-corrected chi connectivity index (χ3v) is 4.20. The van der Waals surface area contributed by atoms with Gasteiger partial charge in [-0.15, -0.1) is 0 Å². The van der Waals surface area contributed by atoms with Crippen LogP contribution in [0, 0.1) is 6.92 Å². The largest absolute Gasteiger partial charge is 0.352 e. The number of nitrogens with one attached hydrogen (secondary N) is 1. The second kappa shape index (κ2) is 6.16. The monoisotopic (exact) mass is 337 g/mol. The van der Waals surface area contributed by atoms with E-state index in [-0.39, 0.29) is 5.91 Å². The summed E-state index contributed by atoms with van der Waals surface area (Å²) in [6.45, 7) is 2.21. The van der Waals surface area contributed by atoms with E-state index in [1.165, 1.54) is 0 Å². The van der Waals surface area contributed by atoms with E-state index in [0.29, 0.717) is 35.7 Å². The maximum absolute atomic E-state index is 12.6. The first-order valence-corrected chi connectivity index (χ1v) is 8.31. The smallest absolute Gasteiger partial charge is 0.252 e. The molecule has 128 valence electrons. The van der Waals surface area contributed by atoms with Gasteiger partial charge in [-0.3, -0.25) is 4.79 Å². The molecule has 1 saturated carbocycles. The van der Waals surface area contributed by atoms with Gasteiger partial charge in [0.2, 0.25) is 5.89 Å². The predicted octanol–water partition coefficient (Wildman–Crippen LogP) is 2.45. The Hall–Kier alpha value is -2.96. The van der Waals surface area contributed by atoms with Crippen molar-refractivity contribution >= 4 is 22.6 Å². The van der Waals surface area contributed by atoms with Gasteiger partial charge in [-0.25, -0.2) is 4.98 Å². The number of amides is 1. The van der Waals surface area contributed by atoms with Crippen LogP contribution in [-0.2, 0) is 6.54 Å². The van der Waals surface area contributed by atoms with Crippen molar-refractivity contribution < 1.29 is 9.32 Å². The molecule has 2 aromatic heterocycles. The van der Waals surface area contributed by atoms with Crippen LogP contribution in [0.2, 0.25) is 0 Å². The van der Waals surface area contributed by atoms with Crippen molar-refractivity contribution in [3.05, 3.63) is 47.6 Å². The molecule has 1 aliphatic rings. The second-order valence-electron chi connectivity index (χ2n) is 6.38. The highest BCUT2D eigenvalue weighted by atomic mass is 16.5. The summed E-state index contributed by atoms with van der Waals surface area (Å²) in [5.74, 6) is 1.76. The molecule has 1 N–H and O–H groups in total. The van der Waals surface area contributed by atoms with E-state index < -0.39 is 0 Å². The SMILES string of the molecule is Cc1nc(CN(C)c2cc(C(=O)NC3CC3)c3ccccc3n2)no1. The lowest BCUT2D eigenvalue weighted by Gasteiger charge is -2.18. The Kier molecular flexibility index (Phi) is 3.83. The van der Waals surface area contributed by atoms with E-state index in [9.17, 15) is 4.79 Å². The molecule has 0 spiro atoms. The average Bonchev–Trinajstić information content (AvgIpc) is 3.33. The van der Waals surface area contributed by atoms with Gasteiger partial charge in [0.1, 0.15) is 5.82 Å². The molecule has 1 fully saturated rings. The number of para-hydroxylation sites is 1. The lowest BCUT2D eigenvalue weighted by Crippen LogP contribution is -2.26. The van der Waals surface area contributed by atoms with E-state index in [4.69, 9.17) is 4.52 Å². The number of aromatic nitrogens is 3. The molecule has 0 saturated heterocycles. The maximum Gasteiger partial charge on any atom is 0.252 e. The standard InChI is InChI=1S/C18H19N5O2/c1-11-19-16(22-25-11)10-23(2)17-9-14(18(24)20-12-7-8-12)13-5-3-4-6-15(13)21-17/h3-6,9,12H,7-8,10H2,1-2H3,(H,20,24). The highest BCUT2D eigenvalue weighted by Crippen LogP contribution is 2.25. The zero-order valence-corrected chi connectivity index (χ0v) is 14.2. The molecule has 2 heterocycles. The van der Waals surface area contributed by atoms with Gasteiger partial charge in [0.25, 0.3) is 5.91 Å². The number of carbonyl (C=O) groups excluding carboxylic acids is 1. The molecule has 3 aromatic rings. The van der Waals surface area contributed by atoms with Crippen molar-refractivity contribution in [2.45, 2.75) is 32.4 Å². The Bertz CT molecular complexity index is 932. The maximum atomic E-state index is 12.6. The number of rotatable bonds is 5. The number of benzene rings is 1. The highest BCUT2D eigenvalue weighted by molar-refractivity contribution is 6.07. The van der Waals surface area contributed by atoms with Crippen LogP contribution in [0.5, 0.6) is 0 Å². The molecule has 0 atom stereocenters. The second-order valence-corrected chi connectivity index (χ2v) is 6.38. The summed E-state index contributed by atoms with van der Waals surface area (Å²) in [6.07, 6.45) is 2.11. The molecule has 0 bridgehead atoms. The van der Waals surface area contributed by atoms with E-state index in [1.54, 1.807) is 6.92 Å². The Labute approximate surface area is 145 Å². The summed E-state index contributed by atoms with van der Waals surface area (Å²) >= 11 is 0. The average molecular weight is 337 g/mol. The fourth-order valence-electron chi connectivity index (χ4n) is 2.73. The highest BCUT2D eigenvalue weighted by Gasteiger charge is 2.25. The van der Waals surface area contributed by atoms with Crippen LogP contribution in [0.15, 0.2) is 34.9 Å². The van der Waals surface area contributed by atoms with Crippen LogP contribution < -0.4 is 10.2 Å². The van der Waals surface area contributed by atoms with Crippen LogP contribution in [0.3, 0.4) is 0 Å². The molecule has 1 aliphatic carbocycles. The number of fused-ring (bicyclic) bond motifs is 1. The van der Waals surface area contributed by atoms with Crippen molar-refractivity contribution in [1.82, 2.24) is 20.4 Å². The minimum absolute atomic E-state index is 0.0499. The zero-order chi connectivity index (χ0) is 17.4. The van der Waals surface area contributed by atoms with Crippen LogP contribution in [0.1, 0.15) is 34.9 Å². The lowest BCUT2D eigenvalue weighted by atomic mass is 10.1. The molecular formula is C18H19N5O2. The van der Waals surface area contributed by atoms with Crippen LogP contribution >= 0.6 is 0 Å². The van der Waals surface area contributed by atoms with Crippen LogP contribution in [0.4, 0.5) is 5.82 Å². The molecule has 25 heavy (non-hydrogen) atoms. The van der Waals surface area contributed by atoms with Crippen molar-refractivity contribution in [2.24, 2.45) is 0 Å². The van der Waals surface area contributed by atoms with Gasteiger partial charge in [0.15, 0.2) is 5.82 Å². The van der Waals surface area contributed by atoms with E-state index >= 15 is 0 Å². The first-order chi connectivity index (χ1) is 12.1. The molecule has 0 unspecified atom stereocenters. The summed E-state index contributed by atoms with van der Waals surface area (Å²) in [4.78, 5) is 23.4. The Morgan fingerprint density at radius 1 is 1.32 bits per heavy atom. The van der Waals surface area contributed by atoms with Crippen LogP contribution in [-0.4, -0.2) is 34.1 Å². The van der Waals surface area contributed by atoms with Crippen LogP contribution in [0.25, 0.3) is 10.9 Å². The van der Waals surface area contributed by atoms with Gasteiger partial charge < -0.3 is 14.7 Å². The number of pyridine rings is 1. The molecule has 0 aliphatic heterocycles. The molecule has 1 amide bonds. The van der Waals surface area contributed by atoms with Gasteiger partial charge in [-0.2, -0.15) is 4.98 Å². The van der Waals surface area contributed by atoms with E-state index in [1.807, 2.05) is 42.3 Å². The third kappa shape index (κ3) is 3.31. The van der Waals surface area contributed by atoms with Crippen molar-refractivity contribution in [1.29, 1.82) is 0 Å². The number of carbonyl (C=O) groups is 1. The molecule has 7 heteroatoms. The first-order valence-electron chi connectivity index (χ1n) is 8.31. The minimum Gasteiger partial charge on any atom is -0.352 e. The van der Waals surface area contributed by atoms with Gasteiger partial charge in [-0.05, 0) is 25.0 Å². The number of hydrogen-bond acceptors (Lipinski definition) is 6. The third-order valence-electron chi connectivity index (χ3n) is 4.20. The number of aryl methyl sites for hydroxylation is 1. The first kappa shape index (κ1) is 15.6. The summed E-state index contributed by atoms with van der Waals surface area (Å²) in [6, 6.07) is 9.82. The number of hydrogen-bond donors (Lipinski definition) is 1. The lowest BCUT2D eigenvalue weighted by molar-refractivity contribution is 0.0952. The topological polar surface area (TPSA) is 84.2 Å². The Morgan fingerprint density at radius 3 is 2.84 bits per heavy atom. The molecule has 0 radical (unpaired) electrons. The number of anilines is 1. The number of nitrogens with zero attached hydrogens (tertiary/aromatic N) is 4. The van der Waals surface area contributed by atoms with E-state index in [0.717, 1.165) is 23.7 Å². The molecule has 7 nitrogen and oxygen atoms in total. The van der Waals surface area contributed by atoms with E-state index in [2.05, 4.69) is 20.4 Å². The van der Waals surface area contributed by atoms with Crippen molar-refractivity contribution in [2.75, 3.05) is 11.9 Å². The van der Waals surface area contributed by atoms with Crippen molar-refractivity contribution in [3.8, 4) is 0 Å². The van der Waals surface area contributed by atoms with Gasteiger partial charge in [0.05, 0.1) is 17.6 Å². The van der Waals surface area contributed by atoms with Gasteiger partial charge >= 0.3 is 0 Å². The quantitative estimate of drug-likeness (QED) is 0.770. The predicted molar refractivity (Wildman–Crippen MR) is 93.4 cm³/mol. The summed E-state index contributed by atoms with van der Waals surface area (Å²) in [5.41, 5.74) is 1.43. The fraction of sp³-hybridized carbons (Fsp3) is 0.333. The molecule has 4 rings (SSSR count). The normalized spacial score (nSPS) is 13.8. The summed E-state index contributed by atoms with van der Waals surface area (Å²) in [7, 11) is 1.89. The Balaban J connectivity index is 1.69. The zero-order valence-electron chi connectivity index (χ0n) is 14.2. The minimum atomic E-state index is -0.0499. The van der Waals surface area contributed by atoms with Crippen molar-refractivity contribution in [3.63, 3.8) is 0 Å². The molecular weight excluding hydrogens is 318 g/mol. The van der Waals surface area contributed by atoms with Gasteiger partial charge in [-0.1, -0.05) is 23.4 Å². The van der Waals surface area contributed by atoms with Gasteiger partial charge in [0, 0.05) is 25.4 Å². The molecule has 1 aromatic carbocycles. The summed E-state index contributed by atoms with van der Waals surface area (Å²) in [5, 5.41) is 7.83. The Morgan fingerprint density at radius 2 is 2.12 bits per heavy atom. The fourth-order valence-corrected chi connectivity index (χ4v) is 2.73. The summed E-state index contributed by atoms with van der Waals surface area (Å²) < 4.78 is 5.01.